The van der Waals surface area contributed by atoms with Crippen molar-refractivity contribution in [1.29, 1.82) is 0 Å². The van der Waals surface area contributed by atoms with Crippen molar-refractivity contribution in [3.8, 4) is 0 Å². The van der Waals surface area contributed by atoms with Crippen LogP contribution >= 0.6 is 0 Å². The minimum atomic E-state index is 0.824. The lowest BCUT2D eigenvalue weighted by molar-refractivity contribution is -0.107. The van der Waals surface area contributed by atoms with Gasteiger partial charge in [-0.25, -0.2) is 4.98 Å². The summed E-state index contributed by atoms with van der Waals surface area (Å²) >= 11 is 0. The van der Waals surface area contributed by atoms with Crippen molar-refractivity contribution in [2.24, 2.45) is 0 Å². The molecular weight excluding hydrogens is 304 g/mol. The van der Waals surface area contributed by atoms with Crippen molar-refractivity contribution in [2.75, 3.05) is 38.0 Å². The number of rotatable bonds is 3. The second-order valence-corrected chi connectivity index (χ2v) is 5.56. The molecule has 0 bridgehead atoms. The summed E-state index contributed by atoms with van der Waals surface area (Å²) in [7, 11) is 5.01. The number of nitrogens with zero attached hydrogens (tertiary/aromatic N) is 2. The van der Waals surface area contributed by atoms with E-state index in [1.165, 1.54) is 5.57 Å². The third-order valence-electron chi connectivity index (χ3n) is 3.70. The molecule has 6 nitrogen and oxygen atoms in total. The Morgan fingerprint density at radius 1 is 1.33 bits per heavy atom. The fraction of sp³-hybridized carbons (Fsp3) is 0.333. The van der Waals surface area contributed by atoms with Gasteiger partial charge in [0.25, 0.3) is 0 Å². The predicted octanol–water partition coefficient (Wildman–Crippen LogP) is 3.01. The zero-order valence-corrected chi connectivity index (χ0v) is 14.4. The molecule has 0 saturated carbocycles. The van der Waals surface area contributed by atoms with Gasteiger partial charge in [0, 0.05) is 44.8 Å². The van der Waals surface area contributed by atoms with Crippen LogP contribution in [0.3, 0.4) is 0 Å². The van der Waals surface area contributed by atoms with Gasteiger partial charge in [-0.15, -0.1) is 0 Å². The first-order valence-corrected chi connectivity index (χ1v) is 7.85. The number of anilines is 2. The standard InChI is InChI=1S/C16H18N4O.C2H6O/c1-20(11-21)14-4-5-16-15(8-14)12(3-2-6-18-16)7-13-9-17-10-19-13;1-3-2/h4-5,7-11,18H,2-3,6H2,1H3,(H,17,19);1-2H3/b12-7+;. The summed E-state index contributed by atoms with van der Waals surface area (Å²) in [4.78, 5) is 19.7. The normalized spacial score (nSPS) is 14.7. The van der Waals surface area contributed by atoms with Crippen molar-refractivity contribution in [1.82, 2.24) is 9.97 Å². The number of benzene rings is 1. The maximum Gasteiger partial charge on any atom is 0.213 e. The third-order valence-corrected chi connectivity index (χ3v) is 3.70. The molecule has 0 aliphatic carbocycles. The fourth-order valence-corrected chi connectivity index (χ4v) is 2.55. The molecule has 1 aromatic heterocycles. The highest BCUT2D eigenvalue weighted by Gasteiger charge is 2.14. The molecule has 2 N–H and O–H groups in total. The molecule has 0 radical (unpaired) electrons. The number of carbonyl (C=O) groups is 1. The molecule has 2 aromatic rings. The summed E-state index contributed by atoms with van der Waals surface area (Å²) < 4.78 is 4.25. The van der Waals surface area contributed by atoms with Crippen molar-refractivity contribution in [3.05, 3.63) is 42.0 Å². The van der Waals surface area contributed by atoms with Gasteiger partial charge in [-0.2, -0.15) is 0 Å². The molecule has 1 aliphatic rings. The number of carbonyl (C=O) groups excluding carboxylic acids is 1. The topological polar surface area (TPSA) is 70.2 Å². The van der Waals surface area contributed by atoms with Crippen LogP contribution in [0.15, 0.2) is 30.7 Å². The van der Waals surface area contributed by atoms with E-state index in [-0.39, 0.29) is 0 Å². The number of methoxy groups -OCH3 is 1. The van der Waals surface area contributed by atoms with Crippen LogP contribution in [-0.4, -0.2) is 44.2 Å². The smallest absolute Gasteiger partial charge is 0.213 e. The highest BCUT2D eigenvalue weighted by molar-refractivity contribution is 5.89. The van der Waals surface area contributed by atoms with E-state index in [0.29, 0.717) is 0 Å². The minimum absolute atomic E-state index is 0.824. The molecule has 0 unspecified atom stereocenters. The average Bonchev–Trinajstić information content (AvgIpc) is 3.02. The quantitative estimate of drug-likeness (QED) is 0.850. The Kier molecular flexibility index (Phi) is 6.57. The van der Waals surface area contributed by atoms with Crippen LogP contribution in [0.2, 0.25) is 0 Å². The lowest BCUT2D eigenvalue weighted by Gasteiger charge is -2.16. The van der Waals surface area contributed by atoms with Crippen LogP contribution in [-0.2, 0) is 9.53 Å². The highest BCUT2D eigenvalue weighted by Crippen LogP contribution is 2.34. The van der Waals surface area contributed by atoms with Gasteiger partial charge in [-0.1, -0.05) is 0 Å². The number of aromatic nitrogens is 2. The first-order chi connectivity index (χ1) is 11.7. The maximum absolute atomic E-state index is 11.0. The number of imidazole rings is 1. The molecule has 1 amide bonds. The summed E-state index contributed by atoms with van der Waals surface area (Å²) in [6.45, 7) is 0.955. The van der Waals surface area contributed by atoms with Crippen LogP contribution in [0.25, 0.3) is 11.6 Å². The van der Waals surface area contributed by atoms with E-state index in [4.69, 9.17) is 0 Å². The van der Waals surface area contributed by atoms with E-state index >= 15 is 0 Å². The van der Waals surface area contributed by atoms with E-state index in [1.807, 2.05) is 18.3 Å². The molecule has 1 aliphatic heterocycles. The molecule has 0 fully saturated rings. The first-order valence-electron chi connectivity index (χ1n) is 7.85. The average molecular weight is 328 g/mol. The number of hydrogen-bond donors (Lipinski definition) is 2. The Bertz CT molecular complexity index is 680. The largest absolute Gasteiger partial charge is 0.388 e. The number of nitrogens with one attached hydrogen (secondary N) is 2. The minimum Gasteiger partial charge on any atom is -0.388 e. The van der Waals surface area contributed by atoms with Gasteiger partial charge in [0.1, 0.15) is 0 Å². The first kappa shape index (κ1) is 17.7. The summed E-state index contributed by atoms with van der Waals surface area (Å²) in [5, 5.41) is 3.45. The molecule has 2 heterocycles. The predicted molar refractivity (Wildman–Crippen MR) is 98.0 cm³/mol. The Morgan fingerprint density at radius 3 is 2.79 bits per heavy atom. The lowest BCUT2D eigenvalue weighted by atomic mass is 9.99. The van der Waals surface area contributed by atoms with Crippen LogP contribution in [0.4, 0.5) is 11.4 Å². The Morgan fingerprint density at radius 2 is 2.12 bits per heavy atom. The van der Waals surface area contributed by atoms with Gasteiger partial charge >= 0.3 is 0 Å². The maximum atomic E-state index is 11.0. The Hall–Kier alpha value is -2.60. The Labute approximate surface area is 142 Å². The second-order valence-electron chi connectivity index (χ2n) is 5.56. The van der Waals surface area contributed by atoms with Gasteiger partial charge in [-0.05, 0) is 42.7 Å². The van der Waals surface area contributed by atoms with Crippen molar-refractivity contribution >= 4 is 29.4 Å². The SMILES string of the molecule is CN(C=O)c1ccc2c(c1)/C(=C/c1cnc[nH]1)CCCN2.COC. The monoisotopic (exact) mass is 328 g/mol. The molecule has 1 aromatic carbocycles. The van der Waals surface area contributed by atoms with Gasteiger partial charge < -0.3 is 19.9 Å². The Balaban J connectivity index is 0.000000647. The number of H-pyrrole nitrogens is 1. The number of aromatic amines is 1. The van der Waals surface area contributed by atoms with Gasteiger partial charge in [0.15, 0.2) is 0 Å². The summed E-state index contributed by atoms with van der Waals surface area (Å²) in [5.74, 6) is 0. The molecule has 0 spiro atoms. The second kappa shape index (κ2) is 8.88. The fourth-order valence-electron chi connectivity index (χ4n) is 2.55. The van der Waals surface area contributed by atoms with Gasteiger partial charge in [-0.3, -0.25) is 4.79 Å². The highest BCUT2D eigenvalue weighted by atomic mass is 16.4. The van der Waals surface area contributed by atoms with Crippen molar-refractivity contribution in [2.45, 2.75) is 12.8 Å². The summed E-state index contributed by atoms with van der Waals surface area (Å²) in [5.41, 5.74) is 5.39. The van der Waals surface area contributed by atoms with E-state index < -0.39 is 0 Å². The zero-order chi connectivity index (χ0) is 17.4. The zero-order valence-electron chi connectivity index (χ0n) is 14.4. The number of hydrogen-bond acceptors (Lipinski definition) is 4. The number of amides is 1. The molecule has 6 heteroatoms. The molecule has 3 rings (SSSR count). The molecule has 0 saturated heterocycles. The summed E-state index contributed by atoms with van der Waals surface area (Å²) in [6.07, 6.45) is 8.51. The lowest BCUT2D eigenvalue weighted by Crippen LogP contribution is -2.14. The summed E-state index contributed by atoms with van der Waals surface area (Å²) in [6, 6.07) is 6.06. The number of fused-ring (bicyclic) bond motifs is 1. The van der Waals surface area contributed by atoms with Crippen LogP contribution in [0, 0.1) is 0 Å². The van der Waals surface area contributed by atoms with E-state index in [9.17, 15) is 4.79 Å². The van der Waals surface area contributed by atoms with Crippen molar-refractivity contribution in [3.63, 3.8) is 0 Å². The molecule has 0 atom stereocenters. The van der Waals surface area contributed by atoms with Crippen LogP contribution in [0.1, 0.15) is 24.1 Å². The van der Waals surface area contributed by atoms with E-state index in [0.717, 1.165) is 48.4 Å². The van der Waals surface area contributed by atoms with E-state index in [2.05, 4.69) is 32.2 Å². The van der Waals surface area contributed by atoms with Crippen LogP contribution in [0.5, 0.6) is 0 Å². The number of ether oxygens (including phenoxy) is 1. The molecule has 24 heavy (non-hydrogen) atoms. The molecule has 128 valence electrons. The molecular formula is C18H24N4O2. The van der Waals surface area contributed by atoms with Gasteiger partial charge in [0.2, 0.25) is 6.41 Å². The number of allylic oxidation sites excluding steroid dienone is 1. The van der Waals surface area contributed by atoms with E-state index in [1.54, 1.807) is 32.5 Å². The van der Waals surface area contributed by atoms with Crippen LogP contribution < -0.4 is 10.2 Å². The van der Waals surface area contributed by atoms with Gasteiger partial charge in [0.05, 0.1) is 18.2 Å². The third kappa shape index (κ3) is 4.45. The van der Waals surface area contributed by atoms with Crippen molar-refractivity contribution < 1.29 is 9.53 Å².